The fourth-order valence-electron chi connectivity index (χ4n) is 2.03. The molecule has 2 rings (SSSR count). The maximum atomic E-state index is 4.57. The standard InChI is InChI=1S/C16H23N5/c1-5-7-14-19-15(17-2)11-16(20-14)18-12-8-6-9-13(10-12)21(3)4/h6,8-11H,5,7H2,1-4H3,(H2,17,18,19,20). The van der Waals surface area contributed by atoms with E-state index in [4.69, 9.17) is 0 Å². The Balaban J connectivity index is 2.25. The van der Waals surface area contributed by atoms with Crippen molar-refractivity contribution in [1.29, 1.82) is 0 Å². The molecule has 0 unspecified atom stereocenters. The molecular weight excluding hydrogens is 262 g/mol. The first-order chi connectivity index (χ1) is 10.1. The Hall–Kier alpha value is -2.30. The van der Waals surface area contributed by atoms with Crippen molar-refractivity contribution < 1.29 is 0 Å². The van der Waals surface area contributed by atoms with Gasteiger partial charge in [0, 0.05) is 45.0 Å². The van der Waals surface area contributed by atoms with E-state index in [2.05, 4.69) is 44.6 Å². The first-order valence-electron chi connectivity index (χ1n) is 7.22. The summed E-state index contributed by atoms with van der Waals surface area (Å²) in [5, 5.41) is 6.44. The van der Waals surface area contributed by atoms with Gasteiger partial charge in [0.05, 0.1) is 0 Å². The fourth-order valence-corrected chi connectivity index (χ4v) is 2.03. The maximum Gasteiger partial charge on any atom is 0.136 e. The van der Waals surface area contributed by atoms with Gasteiger partial charge in [-0.05, 0) is 24.6 Å². The van der Waals surface area contributed by atoms with Gasteiger partial charge in [0.15, 0.2) is 0 Å². The molecule has 2 aromatic rings. The number of hydrogen-bond donors (Lipinski definition) is 2. The van der Waals surface area contributed by atoms with E-state index >= 15 is 0 Å². The van der Waals surface area contributed by atoms with Crippen LogP contribution in [-0.4, -0.2) is 31.1 Å². The summed E-state index contributed by atoms with van der Waals surface area (Å²) in [6, 6.07) is 10.2. The summed E-state index contributed by atoms with van der Waals surface area (Å²) < 4.78 is 0. The van der Waals surface area contributed by atoms with Crippen LogP contribution in [0.2, 0.25) is 0 Å². The van der Waals surface area contributed by atoms with E-state index in [0.717, 1.165) is 41.7 Å². The Morgan fingerprint density at radius 3 is 2.52 bits per heavy atom. The second-order valence-corrected chi connectivity index (χ2v) is 5.12. The van der Waals surface area contributed by atoms with Crippen molar-refractivity contribution in [3.63, 3.8) is 0 Å². The second-order valence-electron chi connectivity index (χ2n) is 5.12. The predicted octanol–water partition coefficient (Wildman–Crippen LogP) is 3.28. The SMILES string of the molecule is CCCc1nc(NC)cc(Nc2cccc(N(C)C)c2)n1. The molecule has 21 heavy (non-hydrogen) atoms. The number of anilines is 4. The van der Waals surface area contributed by atoms with Crippen LogP contribution in [0.3, 0.4) is 0 Å². The number of hydrogen-bond acceptors (Lipinski definition) is 5. The van der Waals surface area contributed by atoms with Crippen molar-refractivity contribution >= 4 is 23.0 Å². The molecule has 5 heteroatoms. The zero-order chi connectivity index (χ0) is 15.2. The van der Waals surface area contributed by atoms with Crippen molar-refractivity contribution in [2.75, 3.05) is 36.7 Å². The second kappa shape index (κ2) is 6.92. The summed E-state index contributed by atoms with van der Waals surface area (Å²) in [6.07, 6.45) is 1.91. The van der Waals surface area contributed by atoms with Crippen molar-refractivity contribution in [3.8, 4) is 0 Å². The van der Waals surface area contributed by atoms with Crippen molar-refractivity contribution in [1.82, 2.24) is 9.97 Å². The summed E-state index contributed by atoms with van der Waals surface area (Å²) >= 11 is 0. The summed E-state index contributed by atoms with van der Waals surface area (Å²) in [7, 11) is 5.93. The summed E-state index contributed by atoms with van der Waals surface area (Å²) in [5.74, 6) is 2.50. The highest BCUT2D eigenvalue weighted by atomic mass is 15.1. The van der Waals surface area contributed by atoms with Gasteiger partial charge in [0.2, 0.25) is 0 Å². The lowest BCUT2D eigenvalue weighted by Crippen LogP contribution is -2.09. The van der Waals surface area contributed by atoms with Gasteiger partial charge in [-0.25, -0.2) is 9.97 Å². The molecule has 0 radical (unpaired) electrons. The Kier molecular flexibility index (Phi) is 4.98. The molecule has 0 saturated carbocycles. The highest BCUT2D eigenvalue weighted by Gasteiger charge is 2.05. The quantitative estimate of drug-likeness (QED) is 0.853. The molecule has 112 valence electrons. The summed E-state index contributed by atoms with van der Waals surface area (Å²) in [4.78, 5) is 11.1. The average molecular weight is 285 g/mol. The molecule has 0 spiro atoms. The van der Waals surface area contributed by atoms with Crippen molar-refractivity contribution in [2.24, 2.45) is 0 Å². The molecule has 0 atom stereocenters. The highest BCUT2D eigenvalue weighted by Crippen LogP contribution is 2.22. The van der Waals surface area contributed by atoms with Crippen LogP contribution in [0.25, 0.3) is 0 Å². The summed E-state index contributed by atoms with van der Waals surface area (Å²) in [5.41, 5.74) is 2.17. The molecule has 1 aromatic heterocycles. The molecule has 0 bridgehead atoms. The van der Waals surface area contributed by atoms with Gasteiger partial charge in [-0.15, -0.1) is 0 Å². The van der Waals surface area contributed by atoms with E-state index in [9.17, 15) is 0 Å². The fraction of sp³-hybridized carbons (Fsp3) is 0.375. The van der Waals surface area contributed by atoms with Crippen LogP contribution in [0.5, 0.6) is 0 Å². The predicted molar refractivity (Wildman–Crippen MR) is 89.6 cm³/mol. The van der Waals surface area contributed by atoms with Crippen LogP contribution in [0.4, 0.5) is 23.0 Å². The lowest BCUT2D eigenvalue weighted by atomic mass is 10.2. The van der Waals surface area contributed by atoms with Gasteiger partial charge >= 0.3 is 0 Å². The zero-order valence-corrected chi connectivity index (χ0v) is 13.1. The first kappa shape index (κ1) is 15.1. The monoisotopic (exact) mass is 285 g/mol. The third kappa shape index (κ3) is 4.08. The number of aryl methyl sites for hydroxylation is 1. The van der Waals surface area contributed by atoms with Gasteiger partial charge in [0.25, 0.3) is 0 Å². The molecule has 1 aromatic carbocycles. The molecule has 0 amide bonds. The van der Waals surface area contributed by atoms with Crippen LogP contribution in [-0.2, 0) is 6.42 Å². The molecule has 0 saturated heterocycles. The molecule has 0 aliphatic carbocycles. The van der Waals surface area contributed by atoms with E-state index in [-0.39, 0.29) is 0 Å². The topological polar surface area (TPSA) is 53.1 Å². The number of nitrogens with zero attached hydrogens (tertiary/aromatic N) is 3. The number of nitrogens with one attached hydrogen (secondary N) is 2. The zero-order valence-electron chi connectivity index (χ0n) is 13.1. The molecular formula is C16H23N5. The minimum Gasteiger partial charge on any atom is -0.378 e. The van der Waals surface area contributed by atoms with E-state index in [1.807, 2.05) is 39.3 Å². The van der Waals surface area contributed by atoms with Gasteiger partial charge in [0.1, 0.15) is 17.5 Å². The van der Waals surface area contributed by atoms with E-state index in [1.165, 1.54) is 0 Å². The normalized spacial score (nSPS) is 10.3. The van der Waals surface area contributed by atoms with Gasteiger partial charge in [-0.2, -0.15) is 0 Å². The Morgan fingerprint density at radius 2 is 1.86 bits per heavy atom. The molecule has 2 N–H and O–H groups in total. The third-order valence-electron chi connectivity index (χ3n) is 3.14. The lowest BCUT2D eigenvalue weighted by molar-refractivity contribution is 0.838. The van der Waals surface area contributed by atoms with Crippen LogP contribution in [0, 0.1) is 0 Å². The maximum absolute atomic E-state index is 4.57. The first-order valence-corrected chi connectivity index (χ1v) is 7.22. The van der Waals surface area contributed by atoms with Crippen LogP contribution < -0.4 is 15.5 Å². The Morgan fingerprint density at radius 1 is 1.10 bits per heavy atom. The van der Waals surface area contributed by atoms with E-state index in [1.54, 1.807) is 0 Å². The average Bonchev–Trinajstić information content (AvgIpc) is 2.47. The number of rotatable bonds is 6. The lowest BCUT2D eigenvalue weighted by Gasteiger charge is -2.15. The number of benzene rings is 1. The minimum atomic E-state index is 0.814. The smallest absolute Gasteiger partial charge is 0.136 e. The number of aromatic nitrogens is 2. The van der Waals surface area contributed by atoms with E-state index < -0.39 is 0 Å². The Bertz CT molecular complexity index is 595. The van der Waals surface area contributed by atoms with Gasteiger partial charge in [-0.3, -0.25) is 0 Å². The van der Waals surface area contributed by atoms with E-state index in [0.29, 0.717) is 0 Å². The van der Waals surface area contributed by atoms with Crippen LogP contribution in [0.15, 0.2) is 30.3 Å². The highest BCUT2D eigenvalue weighted by molar-refractivity contribution is 5.64. The molecule has 0 aliphatic rings. The Labute approximate surface area is 126 Å². The molecule has 1 heterocycles. The molecule has 5 nitrogen and oxygen atoms in total. The molecule has 0 aliphatic heterocycles. The van der Waals surface area contributed by atoms with Gasteiger partial charge in [-0.1, -0.05) is 13.0 Å². The van der Waals surface area contributed by atoms with Crippen molar-refractivity contribution in [3.05, 3.63) is 36.2 Å². The van der Waals surface area contributed by atoms with Crippen LogP contribution >= 0.6 is 0 Å². The van der Waals surface area contributed by atoms with Crippen molar-refractivity contribution in [2.45, 2.75) is 19.8 Å². The minimum absolute atomic E-state index is 0.814. The third-order valence-corrected chi connectivity index (χ3v) is 3.14. The van der Waals surface area contributed by atoms with Crippen LogP contribution in [0.1, 0.15) is 19.2 Å². The van der Waals surface area contributed by atoms with Gasteiger partial charge < -0.3 is 15.5 Å². The largest absolute Gasteiger partial charge is 0.378 e. The molecule has 0 fully saturated rings. The summed E-state index contributed by atoms with van der Waals surface area (Å²) in [6.45, 7) is 2.13.